The highest BCUT2D eigenvalue weighted by Crippen LogP contribution is 2.13. The van der Waals surface area contributed by atoms with Crippen LogP contribution in [-0.2, 0) is 17.8 Å². The Morgan fingerprint density at radius 2 is 2.30 bits per heavy atom. The van der Waals surface area contributed by atoms with E-state index in [0.717, 1.165) is 11.3 Å². The van der Waals surface area contributed by atoms with E-state index in [1.165, 1.54) is 12.1 Å². The molecule has 104 valence electrons. The topological polar surface area (TPSA) is 101 Å². The molecule has 2 N–H and O–H groups in total. The number of aromatic amines is 1. The lowest BCUT2D eigenvalue weighted by Gasteiger charge is -2.04. The van der Waals surface area contributed by atoms with Gasteiger partial charge in [-0.15, -0.1) is 0 Å². The molecule has 2 rings (SSSR count). The number of aryl methyl sites for hydroxylation is 1. The van der Waals surface area contributed by atoms with Crippen LogP contribution >= 0.6 is 0 Å². The number of non-ortho nitro benzene ring substituents is 1. The molecule has 2 aromatic rings. The Labute approximate surface area is 115 Å². The van der Waals surface area contributed by atoms with Gasteiger partial charge in [0.15, 0.2) is 0 Å². The van der Waals surface area contributed by atoms with Gasteiger partial charge in [0, 0.05) is 29.9 Å². The molecular weight excluding hydrogens is 260 g/mol. The molecule has 20 heavy (non-hydrogen) atoms. The van der Waals surface area contributed by atoms with Gasteiger partial charge < -0.3 is 5.32 Å². The first-order valence-corrected chi connectivity index (χ1v) is 6.05. The van der Waals surface area contributed by atoms with E-state index in [1.807, 2.05) is 6.92 Å². The summed E-state index contributed by atoms with van der Waals surface area (Å²) in [5.74, 6) is -0.189. The van der Waals surface area contributed by atoms with Crippen LogP contribution in [0.3, 0.4) is 0 Å². The number of hydrogen-bond acceptors (Lipinski definition) is 4. The quantitative estimate of drug-likeness (QED) is 0.637. The minimum atomic E-state index is -0.476. The smallest absolute Gasteiger partial charge is 0.269 e. The van der Waals surface area contributed by atoms with Gasteiger partial charge in [0.2, 0.25) is 5.91 Å². The van der Waals surface area contributed by atoms with Crippen molar-refractivity contribution < 1.29 is 9.72 Å². The molecule has 0 saturated heterocycles. The Bertz CT molecular complexity index is 636. The molecule has 0 saturated carbocycles. The monoisotopic (exact) mass is 274 g/mol. The van der Waals surface area contributed by atoms with Gasteiger partial charge in [0.25, 0.3) is 5.69 Å². The lowest BCUT2D eigenvalue weighted by atomic mass is 10.1. The van der Waals surface area contributed by atoms with E-state index in [9.17, 15) is 14.9 Å². The van der Waals surface area contributed by atoms with E-state index in [2.05, 4.69) is 15.5 Å². The summed E-state index contributed by atoms with van der Waals surface area (Å²) < 4.78 is 0. The van der Waals surface area contributed by atoms with Crippen molar-refractivity contribution >= 4 is 11.6 Å². The number of carbonyl (C=O) groups excluding carboxylic acids is 1. The van der Waals surface area contributed by atoms with Gasteiger partial charge in [-0.05, 0) is 12.5 Å². The summed E-state index contributed by atoms with van der Waals surface area (Å²) in [4.78, 5) is 22.0. The average molecular weight is 274 g/mol. The highest BCUT2D eigenvalue weighted by molar-refractivity contribution is 5.78. The number of H-pyrrole nitrogens is 1. The average Bonchev–Trinajstić information content (AvgIpc) is 2.82. The fraction of sp³-hybridized carbons (Fsp3) is 0.231. The molecule has 0 bridgehead atoms. The minimum absolute atomic E-state index is 0.0130. The second-order valence-electron chi connectivity index (χ2n) is 4.40. The van der Waals surface area contributed by atoms with Gasteiger partial charge in [0.1, 0.15) is 0 Å². The zero-order chi connectivity index (χ0) is 14.5. The van der Waals surface area contributed by atoms with Crippen LogP contribution < -0.4 is 5.32 Å². The Kier molecular flexibility index (Phi) is 4.09. The maximum absolute atomic E-state index is 11.8. The molecule has 0 aliphatic carbocycles. The van der Waals surface area contributed by atoms with Crippen LogP contribution in [0.1, 0.15) is 16.8 Å². The molecular formula is C13H14N4O3. The third-order valence-corrected chi connectivity index (χ3v) is 2.90. The van der Waals surface area contributed by atoms with Crippen molar-refractivity contribution in [2.24, 2.45) is 0 Å². The molecule has 1 heterocycles. The number of rotatable bonds is 5. The standard InChI is InChI=1S/C13H14N4O3/c1-9-11(8-15-16-9)7-14-13(18)6-10-3-2-4-12(5-10)17(19)20/h2-5,8H,6-7H2,1H3,(H,14,18)(H,15,16). The summed E-state index contributed by atoms with van der Waals surface area (Å²) in [6, 6.07) is 6.07. The second kappa shape index (κ2) is 5.96. The summed E-state index contributed by atoms with van der Waals surface area (Å²) in [5.41, 5.74) is 2.42. The molecule has 0 radical (unpaired) electrons. The fourth-order valence-corrected chi connectivity index (χ4v) is 1.78. The predicted molar refractivity (Wildman–Crippen MR) is 72.0 cm³/mol. The van der Waals surface area contributed by atoms with Crippen LogP contribution in [-0.4, -0.2) is 21.0 Å². The zero-order valence-corrected chi connectivity index (χ0v) is 10.9. The van der Waals surface area contributed by atoms with Crippen molar-refractivity contribution in [3.05, 3.63) is 57.4 Å². The van der Waals surface area contributed by atoms with E-state index >= 15 is 0 Å². The molecule has 0 atom stereocenters. The Balaban J connectivity index is 1.93. The van der Waals surface area contributed by atoms with Gasteiger partial charge in [0.05, 0.1) is 17.5 Å². The van der Waals surface area contributed by atoms with Crippen LogP contribution in [0, 0.1) is 17.0 Å². The highest BCUT2D eigenvalue weighted by atomic mass is 16.6. The Hall–Kier alpha value is -2.70. The Morgan fingerprint density at radius 3 is 2.95 bits per heavy atom. The summed E-state index contributed by atoms with van der Waals surface area (Å²) in [7, 11) is 0. The third kappa shape index (κ3) is 3.41. The normalized spacial score (nSPS) is 10.2. The lowest BCUT2D eigenvalue weighted by Crippen LogP contribution is -2.24. The Morgan fingerprint density at radius 1 is 1.50 bits per heavy atom. The SMILES string of the molecule is Cc1[nH]ncc1CNC(=O)Cc1cccc([N+](=O)[O-])c1. The number of nitrogens with one attached hydrogen (secondary N) is 2. The van der Waals surface area contributed by atoms with Crippen molar-refractivity contribution in [1.29, 1.82) is 0 Å². The molecule has 0 unspecified atom stereocenters. The van der Waals surface area contributed by atoms with Crippen molar-refractivity contribution in [3.8, 4) is 0 Å². The maximum atomic E-state index is 11.8. The first-order chi connectivity index (χ1) is 9.56. The number of amides is 1. The molecule has 1 amide bonds. The van der Waals surface area contributed by atoms with Crippen molar-refractivity contribution in [3.63, 3.8) is 0 Å². The lowest BCUT2D eigenvalue weighted by molar-refractivity contribution is -0.384. The van der Waals surface area contributed by atoms with Crippen LogP contribution in [0.2, 0.25) is 0 Å². The van der Waals surface area contributed by atoms with E-state index in [1.54, 1.807) is 18.3 Å². The summed E-state index contributed by atoms with van der Waals surface area (Å²) in [6.07, 6.45) is 1.77. The number of nitro groups is 1. The summed E-state index contributed by atoms with van der Waals surface area (Å²) in [6.45, 7) is 2.26. The molecule has 1 aromatic heterocycles. The van der Waals surface area contributed by atoms with Gasteiger partial charge >= 0.3 is 0 Å². The van der Waals surface area contributed by atoms with Crippen molar-refractivity contribution in [2.45, 2.75) is 19.9 Å². The number of carbonyl (C=O) groups is 1. The first kappa shape index (κ1) is 13.7. The summed E-state index contributed by atoms with van der Waals surface area (Å²) >= 11 is 0. The van der Waals surface area contributed by atoms with E-state index in [4.69, 9.17) is 0 Å². The predicted octanol–water partition coefficient (Wildman–Crippen LogP) is 1.49. The summed E-state index contributed by atoms with van der Waals surface area (Å²) in [5, 5.41) is 20.1. The number of nitro benzene ring substituents is 1. The van der Waals surface area contributed by atoms with E-state index < -0.39 is 4.92 Å². The number of hydrogen-bond donors (Lipinski definition) is 2. The van der Waals surface area contributed by atoms with Crippen LogP contribution in [0.15, 0.2) is 30.5 Å². The van der Waals surface area contributed by atoms with Gasteiger partial charge in [-0.25, -0.2) is 0 Å². The van der Waals surface area contributed by atoms with Crippen LogP contribution in [0.25, 0.3) is 0 Å². The largest absolute Gasteiger partial charge is 0.352 e. The molecule has 0 spiro atoms. The highest BCUT2D eigenvalue weighted by Gasteiger charge is 2.09. The first-order valence-electron chi connectivity index (χ1n) is 6.05. The third-order valence-electron chi connectivity index (χ3n) is 2.90. The minimum Gasteiger partial charge on any atom is -0.352 e. The molecule has 0 fully saturated rings. The molecule has 0 aliphatic heterocycles. The van der Waals surface area contributed by atoms with Crippen molar-refractivity contribution in [1.82, 2.24) is 15.5 Å². The number of aromatic nitrogens is 2. The molecule has 1 aromatic carbocycles. The number of nitrogens with zero attached hydrogens (tertiary/aromatic N) is 2. The molecule has 7 heteroatoms. The van der Waals surface area contributed by atoms with Gasteiger partial charge in [-0.1, -0.05) is 12.1 Å². The molecule has 7 nitrogen and oxygen atoms in total. The van der Waals surface area contributed by atoms with Crippen molar-refractivity contribution in [2.75, 3.05) is 0 Å². The molecule has 0 aliphatic rings. The van der Waals surface area contributed by atoms with Gasteiger partial charge in [-0.2, -0.15) is 5.10 Å². The van der Waals surface area contributed by atoms with Gasteiger partial charge in [-0.3, -0.25) is 20.0 Å². The maximum Gasteiger partial charge on any atom is 0.269 e. The fourth-order valence-electron chi connectivity index (χ4n) is 1.78. The second-order valence-corrected chi connectivity index (χ2v) is 4.40. The van der Waals surface area contributed by atoms with E-state index in [0.29, 0.717) is 12.1 Å². The van der Waals surface area contributed by atoms with Crippen LogP contribution in [0.4, 0.5) is 5.69 Å². The van der Waals surface area contributed by atoms with E-state index in [-0.39, 0.29) is 18.0 Å². The van der Waals surface area contributed by atoms with Crippen LogP contribution in [0.5, 0.6) is 0 Å². The number of benzene rings is 1. The zero-order valence-electron chi connectivity index (χ0n) is 10.9.